The van der Waals surface area contributed by atoms with Crippen LogP contribution in [0.2, 0.25) is 0 Å². The standard InChI is InChI=1S/C14H14N2O2/c17-13-7-4-12(5-8-13)16-14(18)9-6-11-3-1-2-10-15-11/h1-5,7-8,10,17H,6,9H2,(H,16,18). The third-order valence-corrected chi connectivity index (χ3v) is 2.49. The number of anilines is 1. The van der Waals surface area contributed by atoms with Crippen molar-refractivity contribution in [3.8, 4) is 5.75 Å². The second-order valence-corrected chi connectivity index (χ2v) is 3.92. The van der Waals surface area contributed by atoms with Gasteiger partial charge in [-0.25, -0.2) is 0 Å². The summed E-state index contributed by atoms with van der Waals surface area (Å²) in [7, 11) is 0. The van der Waals surface area contributed by atoms with Crippen molar-refractivity contribution in [3.63, 3.8) is 0 Å². The monoisotopic (exact) mass is 242 g/mol. The van der Waals surface area contributed by atoms with E-state index in [2.05, 4.69) is 10.3 Å². The van der Waals surface area contributed by atoms with Gasteiger partial charge in [-0.15, -0.1) is 0 Å². The minimum absolute atomic E-state index is 0.0636. The summed E-state index contributed by atoms with van der Waals surface area (Å²) in [6.07, 6.45) is 2.72. The molecule has 0 fully saturated rings. The zero-order valence-electron chi connectivity index (χ0n) is 9.84. The van der Waals surface area contributed by atoms with Crippen molar-refractivity contribution in [2.45, 2.75) is 12.8 Å². The maximum absolute atomic E-state index is 11.7. The van der Waals surface area contributed by atoms with Crippen molar-refractivity contribution in [3.05, 3.63) is 54.4 Å². The van der Waals surface area contributed by atoms with Gasteiger partial charge in [0.15, 0.2) is 0 Å². The average molecular weight is 242 g/mol. The molecule has 0 spiro atoms. The van der Waals surface area contributed by atoms with Crippen molar-refractivity contribution in [2.75, 3.05) is 5.32 Å². The Hall–Kier alpha value is -2.36. The Morgan fingerprint density at radius 1 is 1.17 bits per heavy atom. The van der Waals surface area contributed by atoms with E-state index >= 15 is 0 Å². The predicted octanol–water partition coefficient (Wildman–Crippen LogP) is 2.36. The van der Waals surface area contributed by atoms with Crippen LogP contribution in [-0.4, -0.2) is 16.0 Å². The molecule has 2 aromatic rings. The number of phenols is 1. The van der Waals surface area contributed by atoms with E-state index in [1.54, 1.807) is 18.3 Å². The number of hydrogen-bond donors (Lipinski definition) is 2. The number of rotatable bonds is 4. The van der Waals surface area contributed by atoms with Crippen LogP contribution in [0.4, 0.5) is 5.69 Å². The Morgan fingerprint density at radius 3 is 2.61 bits per heavy atom. The van der Waals surface area contributed by atoms with E-state index in [1.807, 2.05) is 18.2 Å². The van der Waals surface area contributed by atoms with Crippen molar-refractivity contribution in [1.82, 2.24) is 4.98 Å². The van der Waals surface area contributed by atoms with Crippen LogP contribution in [-0.2, 0) is 11.2 Å². The van der Waals surface area contributed by atoms with E-state index in [-0.39, 0.29) is 11.7 Å². The number of carbonyl (C=O) groups is 1. The molecule has 0 saturated carbocycles. The first kappa shape index (κ1) is 12.1. The van der Waals surface area contributed by atoms with Crippen molar-refractivity contribution in [2.24, 2.45) is 0 Å². The SMILES string of the molecule is O=C(CCc1ccccn1)Nc1ccc(O)cc1. The van der Waals surface area contributed by atoms with E-state index in [4.69, 9.17) is 5.11 Å². The molecule has 1 aromatic heterocycles. The maximum Gasteiger partial charge on any atom is 0.224 e. The molecule has 2 rings (SSSR count). The number of nitrogens with one attached hydrogen (secondary N) is 1. The lowest BCUT2D eigenvalue weighted by Crippen LogP contribution is -2.12. The molecule has 92 valence electrons. The number of amides is 1. The summed E-state index contributed by atoms with van der Waals surface area (Å²) in [4.78, 5) is 15.8. The van der Waals surface area contributed by atoms with E-state index in [0.717, 1.165) is 5.69 Å². The lowest BCUT2D eigenvalue weighted by Gasteiger charge is -2.05. The Labute approximate surface area is 105 Å². The molecule has 1 amide bonds. The van der Waals surface area contributed by atoms with Gasteiger partial charge in [-0.05, 0) is 42.8 Å². The van der Waals surface area contributed by atoms with Gasteiger partial charge in [-0.2, -0.15) is 0 Å². The molecule has 0 aliphatic carbocycles. The first-order valence-electron chi connectivity index (χ1n) is 5.73. The van der Waals surface area contributed by atoms with E-state index < -0.39 is 0 Å². The molecule has 0 bridgehead atoms. The number of phenolic OH excluding ortho intramolecular Hbond substituents is 1. The summed E-state index contributed by atoms with van der Waals surface area (Å²) < 4.78 is 0. The van der Waals surface area contributed by atoms with Crippen LogP contribution < -0.4 is 5.32 Å². The molecule has 0 aliphatic rings. The first-order valence-corrected chi connectivity index (χ1v) is 5.73. The van der Waals surface area contributed by atoms with Crippen LogP contribution in [0.15, 0.2) is 48.7 Å². The number of nitrogens with zero attached hydrogens (tertiary/aromatic N) is 1. The zero-order chi connectivity index (χ0) is 12.8. The number of aromatic hydroxyl groups is 1. The summed E-state index contributed by atoms with van der Waals surface area (Å²) in [6.45, 7) is 0. The minimum atomic E-state index is -0.0636. The van der Waals surface area contributed by atoms with Gasteiger partial charge in [0.2, 0.25) is 5.91 Å². The number of aromatic nitrogens is 1. The number of aryl methyl sites for hydroxylation is 1. The average Bonchev–Trinajstić information content (AvgIpc) is 2.40. The van der Waals surface area contributed by atoms with E-state index in [9.17, 15) is 4.79 Å². The molecule has 0 saturated heterocycles. The smallest absolute Gasteiger partial charge is 0.224 e. The van der Waals surface area contributed by atoms with Crippen LogP contribution >= 0.6 is 0 Å². The number of hydrogen-bond acceptors (Lipinski definition) is 3. The molecule has 1 aromatic carbocycles. The van der Waals surface area contributed by atoms with Gasteiger partial charge < -0.3 is 10.4 Å². The van der Waals surface area contributed by atoms with Gasteiger partial charge in [0, 0.05) is 24.0 Å². The third kappa shape index (κ3) is 3.59. The molecule has 0 radical (unpaired) electrons. The fourth-order valence-electron chi connectivity index (χ4n) is 1.56. The quantitative estimate of drug-likeness (QED) is 0.809. The number of pyridine rings is 1. The fraction of sp³-hybridized carbons (Fsp3) is 0.143. The van der Waals surface area contributed by atoms with Gasteiger partial charge >= 0.3 is 0 Å². The summed E-state index contributed by atoms with van der Waals surface area (Å²) in [5.74, 6) is 0.118. The highest BCUT2D eigenvalue weighted by Crippen LogP contribution is 2.14. The molecule has 4 heteroatoms. The molecule has 0 atom stereocenters. The van der Waals surface area contributed by atoms with Crippen LogP contribution in [0.3, 0.4) is 0 Å². The predicted molar refractivity (Wildman–Crippen MR) is 69.3 cm³/mol. The molecular weight excluding hydrogens is 228 g/mol. The molecular formula is C14H14N2O2. The second kappa shape index (κ2) is 5.82. The molecule has 18 heavy (non-hydrogen) atoms. The summed E-state index contributed by atoms with van der Waals surface area (Å²) >= 11 is 0. The van der Waals surface area contributed by atoms with Gasteiger partial charge in [0.25, 0.3) is 0 Å². The largest absolute Gasteiger partial charge is 0.508 e. The summed E-state index contributed by atoms with van der Waals surface area (Å²) in [5.41, 5.74) is 1.58. The third-order valence-electron chi connectivity index (χ3n) is 2.49. The van der Waals surface area contributed by atoms with Crippen LogP contribution in [0.1, 0.15) is 12.1 Å². The highest BCUT2D eigenvalue weighted by molar-refractivity contribution is 5.90. The molecule has 0 unspecified atom stereocenters. The second-order valence-electron chi connectivity index (χ2n) is 3.92. The van der Waals surface area contributed by atoms with E-state index in [0.29, 0.717) is 18.5 Å². The Bertz CT molecular complexity index is 509. The van der Waals surface area contributed by atoms with Gasteiger partial charge in [0.1, 0.15) is 5.75 Å². The van der Waals surface area contributed by atoms with Crippen molar-refractivity contribution in [1.29, 1.82) is 0 Å². The van der Waals surface area contributed by atoms with Crippen molar-refractivity contribution >= 4 is 11.6 Å². The lowest BCUT2D eigenvalue weighted by molar-refractivity contribution is -0.116. The maximum atomic E-state index is 11.7. The van der Waals surface area contributed by atoms with E-state index in [1.165, 1.54) is 12.1 Å². The van der Waals surface area contributed by atoms with Crippen molar-refractivity contribution < 1.29 is 9.90 Å². The molecule has 1 heterocycles. The fourth-order valence-corrected chi connectivity index (χ4v) is 1.56. The van der Waals surface area contributed by atoms with Crippen LogP contribution in [0.5, 0.6) is 5.75 Å². The summed E-state index contributed by atoms with van der Waals surface area (Å²) in [6, 6.07) is 12.0. The molecule has 0 aliphatic heterocycles. The van der Waals surface area contributed by atoms with Crippen LogP contribution in [0.25, 0.3) is 0 Å². The minimum Gasteiger partial charge on any atom is -0.508 e. The Kier molecular flexibility index (Phi) is 3.91. The highest BCUT2D eigenvalue weighted by Gasteiger charge is 2.03. The van der Waals surface area contributed by atoms with Gasteiger partial charge in [-0.1, -0.05) is 6.07 Å². The Morgan fingerprint density at radius 2 is 1.94 bits per heavy atom. The normalized spacial score (nSPS) is 10.0. The Balaban J connectivity index is 1.84. The lowest BCUT2D eigenvalue weighted by atomic mass is 10.2. The van der Waals surface area contributed by atoms with Gasteiger partial charge in [0.05, 0.1) is 0 Å². The van der Waals surface area contributed by atoms with Gasteiger partial charge in [-0.3, -0.25) is 9.78 Å². The number of benzene rings is 1. The van der Waals surface area contributed by atoms with Crippen LogP contribution in [0, 0.1) is 0 Å². The highest BCUT2D eigenvalue weighted by atomic mass is 16.3. The zero-order valence-corrected chi connectivity index (χ0v) is 9.84. The summed E-state index contributed by atoms with van der Waals surface area (Å²) in [5, 5.41) is 11.9. The first-order chi connectivity index (χ1) is 8.74. The molecule has 4 nitrogen and oxygen atoms in total. The number of carbonyl (C=O) groups excluding carboxylic acids is 1. The topological polar surface area (TPSA) is 62.2 Å². The molecule has 2 N–H and O–H groups in total.